The Kier molecular flexibility index (Phi) is 7.35. The molecule has 5 rings (SSSR count). The number of methoxy groups -OCH3 is 1. The van der Waals surface area contributed by atoms with Crippen LogP contribution in [0.15, 0.2) is 24.3 Å². The smallest absolute Gasteiger partial charge is 0.306 e. The zero-order valence-corrected chi connectivity index (χ0v) is 23.0. The molecule has 2 heterocycles. The maximum absolute atomic E-state index is 15.1. The van der Waals surface area contributed by atoms with Crippen molar-refractivity contribution in [2.45, 2.75) is 70.8 Å². The molecule has 2 amide bonds. The van der Waals surface area contributed by atoms with E-state index in [1.165, 1.54) is 13.2 Å². The van der Waals surface area contributed by atoms with E-state index in [2.05, 4.69) is 10.3 Å². The van der Waals surface area contributed by atoms with Crippen LogP contribution in [0.25, 0.3) is 0 Å². The molecule has 1 aromatic heterocycles. The normalized spacial score (nSPS) is 22.8. The van der Waals surface area contributed by atoms with Crippen LogP contribution in [-0.2, 0) is 37.4 Å². The number of pyridine rings is 1. The first-order valence-electron chi connectivity index (χ1n) is 13.7. The van der Waals surface area contributed by atoms with Crippen LogP contribution in [0.2, 0.25) is 0 Å². The van der Waals surface area contributed by atoms with Gasteiger partial charge in [0.2, 0.25) is 11.8 Å². The van der Waals surface area contributed by atoms with E-state index in [9.17, 15) is 14.4 Å². The zero-order chi connectivity index (χ0) is 27.9. The summed E-state index contributed by atoms with van der Waals surface area (Å²) in [5.41, 5.74) is 3.09. The van der Waals surface area contributed by atoms with Gasteiger partial charge in [-0.05, 0) is 73.3 Å². The van der Waals surface area contributed by atoms with E-state index in [0.29, 0.717) is 67.2 Å². The summed E-state index contributed by atoms with van der Waals surface area (Å²) in [5, 5.41) is 2.89. The molecule has 1 N–H and O–H groups in total. The van der Waals surface area contributed by atoms with Gasteiger partial charge in [0, 0.05) is 42.6 Å². The summed E-state index contributed by atoms with van der Waals surface area (Å²) in [5.74, 6) is -0.803. The molecule has 0 spiro atoms. The predicted octanol–water partition coefficient (Wildman–Crippen LogP) is 4.50. The molecule has 0 unspecified atom stereocenters. The molecule has 1 atom stereocenters. The third-order valence-electron chi connectivity index (χ3n) is 8.40. The van der Waals surface area contributed by atoms with Crippen molar-refractivity contribution in [1.82, 2.24) is 9.88 Å². The lowest BCUT2D eigenvalue weighted by Crippen LogP contribution is -2.50. The molecule has 0 saturated heterocycles. The lowest BCUT2D eigenvalue weighted by Gasteiger charge is -2.42. The van der Waals surface area contributed by atoms with Crippen LogP contribution in [0.3, 0.4) is 0 Å². The largest absolute Gasteiger partial charge is 0.481 e. The summed E-state index contributed by atoms with van der Waals surface area (Å²) < 4.78 is 25.4. The van der Waals surface area contributed by atoms with Gasteiger partial charge >= 0.3 is 5.97 Å². The first-order chi connectivity index (χ1) is 18.6. The van der Waals surface area contributed by atoms with Crippen LogP contribution in [0, 0.1) is 17.7 Å². The number of nitrogens with one attached hydrogen (secondary N) is 1. The van der Waals surface area contributed by atoms with Gasteiger partial charge in [-0.2, -0.15) is 0 Å². The Labute approximate surface area is 228 Å². The Bertz CT molecular complexity index is 1300. The molecule has 1 fully saturated rings. The molecule has 2 aliphatic carbocycles. The van der Waals surface area contributed by atoms with Crippen molar-refractivity contribution in [3.8, 4) is 5.88 Å². The quantitative estimate of drug-likeness (QED) is 0.523. The molecule has 2 aromatic rings. The molecule has 0 radical (unpaired) electrons. The van der Waals surface area contributed by atoms with Gasteiger partial charge in [-0.15, -0.1) is 0 Å². The number of aromatic nitrogens is 1. The minimum absolute atomic E-state index is 0.104. The first-order valence-corrected chi connectivity index (χ1v) is 13.7. The van der Waals surface area contributed by atoms with Gasteiger partial charge in [0.05, 0.1) is 19.4 Å². The summed E-state index contributed by atoms with van der Waals surface area (Å²) in [6.45, 7) is 6.49. The second kappa shape index (κ2) is 10.6. The van der Waals surface area contributed by atoms with Crippen LogP contribution >= 0.6 is 0 Å². The van der Waals surface area contributed by atoms with Crippen LogP contribution in [0.1, 0.15) is 74.9 Å². The monoisotopic (exact) mass is 537 g/mol. The molecule has 1 aliphatic heterocycles. The van der Waals surface area contributed by atoms with Crippen LogP contribution in [0.4, 0.5) is 10.1 Å². The Morgan fingerprint density at radius 3 is 2.67 bits per heavy atom. The van der Waals surface area contributed by atoms with E-state index >= 15 is 4.39 Å². The lowest BCUT2D eigenvalue weighted by molar-refractivity contribution is -0.151. The van der Waals surface area contributed by atoms with E-state index in [0.717, 1.165) is 18.4 Å². The number of anilines is 1. The fraction of sp³-hybridized carbons (Fsp3) is 0.533. The summed E-state index contributed by atoms with van der Waals surface area (Å²) in [6, 6.07) is 5.78. The third kappa shape index (κ3) is 5.23. The predicted molar refractivity (Wildman–Crippen MR) is 143 cm³/mol. The van der Waals surface area contributed by atoms with Crippen molar-refractivity contribution < 1.29 is 28.2 Å². The van der Waals surface area contributed by atoms with E-state index < -0.39 is 11.9 Å². The zero-order valence-electron chi connectivity index (χ0n) is 23.0. The maximum atomic E-state index is 15.1. The van der Waals surface area contributed by atoms with Crippen molar-refractivity contribution in [2.75, 3.05) is 25.6 Å². The van der Waals surface area contributed by atoms with E-state index in [1.807, 2.05) is 19.9 Å². The van der Waals surface area contributed by atoms with E-state index in [4.69, 9.17) is 9.47 Å². The van der Waals surface area contributed by atoms with Crippen LogP contribution < -0.4 is 10.1 Å². The lowest BCUT2D eigenvalue weighted by atomic mass is 9.72. The minimum atomic E-state index is -0.906. The number of amides is 2. The number of ether oxygens (including phenoxy) is 2. The molecule has 9 heteroatoms. The number of aryl methyl sites for hydroxylation is 1. The molecule has 0 bridgehead atoms. The highest BCUT2D eigenvalue weighted by atomic mass is 19.1. The number of carbonyl (C=O) groups is 3. The Balaban J connectivity index is 1.38. The third-order valence-corrected chi connectivity index (χ3v) is 8.40. The van der Waals surface area contributed by atoms with E-state index in [-0.39, 0.29) is 34.9 Å². The van der Waals surface area contributed by atoms with Crippen molar-refractivity contribution in [1.29, 1.82) is 0 Å². The van der Waals surface area contributed by atoms with Crippen LogP contribution in [0.5, 0.6) is 5.88 Å². The highest BCUT2D eigenvalue weighted by molar-refractivity contribution is 5.99. The average Bonchev–Trinajstić information content (AvgIpc) is 3.19. The maximum Gasteiger partial charge on any atom is 0.306 e. The number of fused-ring (bicyclic) bond motifs is 2. The topological polar surface area (TPSA) is 97.8 Å². The Morgan fingerprint density at radius 2 is 1.95 bits per heavy atom. The summed E-state index contributed by atoms with van der Waals surface area (Å²) in [4.78, 5) is 45.4. The molecular weight excluding hydrogens is 501 g/mol. The number of hydrogen-bond acceptors (Lipinski definition) is 6. The molecule has 39 heavy (non-hydrogen) atoms. The number of nitrogens with zero attached hydrogens (tertiary/aromatic N) is 2. The number of carbonyl (C=O) groups excluding carboxylic acids is 3. The van der Waals surface area contributed by atoms with Crippen molar-refractivity contribution >= 4 is 23.5 Å². The van der Waals surface area contributed by atoms with Crippen molar-refractivity contribution in [3.05, 3.63) is 52.5 Å². The second-order valence-corrected chi connectivity index (χ2v) is 11.5. The van der Waals surface area contributed by atoms with Crippen molar-refractivity contribution in [2.24, 2.45) is 11.8 Å². The number of esters is 1. The fourth-order valence-corrected chi connectivity index (χ4v) is 6.37. The highest BCUT2D eigenvalue weighted by Crippen LogP contribution is 2.43. The van der Waals surface area contributed by atoms with Gasteiger partial charge in [-0.1, -0.05) is 13.8 Å². The van der Waals surface area contributed by atoms with Crippen LogP contribution in [-0.4, -0.2) is 47.9 Å². The van der Waals surface area contributed by atoms with Crippen molar-refractivity contribution in [3.63, 3.8) is 0 Å². The summed E-state index contributed by atoms with van der Waals surface area (Å²) >= 11 is 0. The molecular formula is C30H36FN3O5. The first kappa shape index (κ1) is 27.1. The number of halogens is 1. The molecule has 8 nitrogen and oxygen atoms in total. The average molecular weight is 538 g/mol. The second-order valence-electron chi connectivity index (χ2n) is 11.5. The summed E-state index contributed by atoms with van der Waals surface area (Å²) in [6.07, 6.45) is 3.56. The van der Waals surface area contributed by atoms with E-state index in [1.54, 1.807) is 24.0 Å². The van der Waals surface area contributed by atoms with Gasteiger partial charge in [-0.25, -0.2) is 9.37 Å². The number of rotatable bonds is 7. The van der Waals surface area contributed by atoms with Gasteiger partial charge in [0.1, 0.15) is 11.9 Å². The van der Waals surface area contributed by atoms with Gasteiger partial charge in [0.25, 0.3) is 5.91 Å². The summed E-state index contributed by atoms with van der Waals surface area (Å²) in [7, 11) is 1.53. The SMILES string of the molecule is CCOC(=O)CC1CC(C(=O)N2CCc3nc(OC)ccc3[C@@H]2C(=O)Nc2cc(F)c3c(c2)CCC3(C)C)C1. The molecule has 3 aliphatic rings. The highest BCUT2D eigenvalue weighted by Gasteiger charge is 2.44. The van der Waals surface area contributed by atoms with Gasteiger partial charge in [0.15, 0.2) is 0 Å². The number of benzene rings is 1. The Morgan fingerprint density at radius 1 is 1.18 bits per heavy atom. The van der Waals surface area contributed by atoms with Gasteiger partial charge in [-0.3, -0.25) is 14.4 Å². The van der Waals surface area contributed by atoms with Gasteiger partial charge < -0.3 is 19.7 Å². The number of hydrogen-bond donors (Lipinski definition) is 1. The Hall–Kier alpha value is -3.49. The molecule has 208 valence electrons. The molecule has 1 aromatic carbocycles. The molecule has 1 saturated carbocycles. The minimum Gasteiger partial charge on any atom is -0.481 e. The fourth-order valence-electron chi connectivity index (χ4n) is 6.37. The standard InChI is InChI=1S/C30H36FN3O5/c1-5-39-25(35)14-17-12-19(13-17)29(37)34-11-9-23-21(6-7-24(33-23)38-4)27(34)28(36)32-20-15-18-8-10-30(2,3)26(18)22(31)16-20/h6-7,15-17,19,27H,5,8-14H2,1-4H3,(H,32,36)/t17?,19?,27-/m1/s1.